The van der Waals surface area contributed by atoms with E-state index < -0.39 is 0 Å². The van der Waals surface area contributed by atoms with Crippen LogP contribution in [0.25, 0.3) is 0 Å². The van der Waals surface area contributed by atoms with Crippen LogP contribution in [-0.4, -0.2) is 25.5 Å². The lowest BCUT2D eigenvalue weighted by molar-refractivity contribution is 0.306. The van der Waals surface area contributed by atoms with Crippen LogP contribution in [0.4, 0.5) is 0 Å². The average molecular weight is 240 g/mol. The third-order valence-electron chi connectivity index (χ3n) is 2.58. The molecule has 0 saturated heterocycles. The number of nitrogens with zero attached hydrogens (tertiary/aromatic N) is 1. The van der Waals surface area contributed by atoms with Gasteiger partial charge in [0.2, 0.25) is 0 Å². The normalized spacial score (nSPS) is 11.6. The second kappa shape index (κ2) is 7.05. The molecule has 2 nitrogen and oxygen atoms in total. The van der Waals surface area contributed by atoms with E-state index in [-0.39, 0.29) is 0 Å². The molecule has 0 atom stereocenters. The molecule has 0 saturated carbocycles. The summed E-state index contributed by atoms with van der Waals surface area (Å²) in [6.07, 6.45) is 1.28. The Labute approximate surface area is 104 Å². The van der Waals surface area contributed by atoms with Crippen molar-refractivity contribution in [2.24, 2.45) is 5.92 Å². The summed E-state index contributed by atoms with van der Waals surface area (Å²) in [5, 5.41) is 3.19. The molecule has 0 amide bonds. The molecule has 0 fully saturated rings. The quantitative estimate of drug-likeness (QED) is 0.788. The summed E-state index contributed by atoms with van der Waals surface area (Å²) in [4.78, 5) is 5.31. The first-order valence-corrected chi connectivity index (χ1v) is 6.84. The van der Waals surface area contributed by atoms with E-state index >= 15 is 0 Å². The van der Waals surface area contributed by atoms with Crippen molar-refractivity contribution in [2.75, 3.05) is 20.6 Å². The van der Waals surface area contributed by atoms with Gasteiger partial charge >= 0.3 is 0 Å². The second-order valence-electron chi connectivity index (χ2n) is 4.82. The topological polar surface area (TPSA) is 15.3 Å². The van der Waals surface area contributed by atoms with E-state index in [2.05, 4.69) is 43.2 Å². The van der Waals surface area contributed by atoms with Crippen molar-refractivity contribution in [1.82, 2.24) is 10.2 Å². The third kappa shape index (κ3) is 5.10. The summed E-state index contributed by atoms with van der Waals surface area (Å²) in [6, 6.07) is 4.48. The van der Waals surface area contributed by atoms with Gasteiger partial charge in [-0.25, -0.2) is 0 Å². The van der Waals surface area contributed by atoms with Crippen LogP contribution >= 0.6 is 11.3 Å². The smallest absolute Gasteiger partial charge is 0.0324 e. The van der Waals surface area contributed by atoms with Crippen molar-refractivity contribution in [3.05, 3.63) is 21.9 Å². The van der Waals surface area contributed by atoms with Gasteiger partial charge in [-0.1, -0.05) is 13.8 Å². The van der Waals surface area contributed by atoms with Crippen molar-refractivity contribution in [3.63, 3.8) is 0 Å². The second-order valence-corrected chi connectivity index (χ2v) is 6.07. The monoisotopic (exact) mass is 240 g/mol. The number of rotatable bonds is 7. The first-order chi connectivity index (χ1) is 7.61. The summed E-state index contributed by atoms with van der Waals surface area (Å²) in [7, 11) is 4.20. The fraction of sp³-hybridized carbons (Fsp3) is 0.692. The lowest BCUT2D eigenvalue weighted by atomic mass is 10.1. The van der Waals surface area contributed by atoms with E-state index in [4.69, 9.17) is 0 Å². The van der Waals surface area contributed by atoms with Gasteiger partial charge in [0.05, 0.1) is 0 Å². The number of hydrogen-bond donors (Lipinski definition) is 1. The molecule has 0 aliphatic carbocycles. The predicted octanol–water partition coefficient (Wildman–Crippen LogP) is 2.95. The summed E-state index contributed by atoms with van der Waals surface area (Å²) < 4.78 is 0. The standard InChI is InChI=1S/C13H24N2S/c1-11(2)7-8-15(4)10-13-6-5-12(16-13)9-14-3/h5-6,11,14H,7-10H2,1-4H3. The lowest BCUT2D eigenvalue weighted by Crippen LogP contribution is -2.19. The number of thiophene rings is 1. The van der Waals surface area contributed by atoms with Crippen LogP contribution in [0.15, 0.2) is 12.1 Å². The van der Waals surface area contributed by atoms with Crippen LogP contribution in [0.5, 0.6) is 0 Å². The maximum Gasteiger partial charge on any atom is 0.0324 e. The Bertz CT molecular complexity index is 294. The molecule has 16 heavy (non-hydrogen) atoms. The van der Waals surface area contributed by atoms with E-state index in [0.717, 1.165) is 19.0 Å². The zero-order chi connectivity index (χ0) is 12.0. The fourth-order valence-corrected chi connectivity index (χ4v) is 2.71. The van der Waals surface area contributed by atoms with Crippen LogP contribution in [0.2, 0.25) is 0 Å². The molecule has 1 N–H and O–H groups in total. The summed E-state index contributed by atoms with van der Waals surface area (Å²) >= 11 is 1.92. The van der Waals surface area contributed by atoms with Crippen LogP contribution < -0.4 is 5.32 Å². The Balaban J connectivity index is 2.34. The largest absolute Gasteiger partial charge is 0.315 e. The van der Waals surface area contributed by atoms with Crippen LogP contribution in [0, 0.1) is 5.92 Å². The molecule has 1 aromatic heterocycles. The molecule has 0 aliphatic heterocycles. The lowest BCUT2D eigenvalue weighted by Gasteiger charge is -2.16. The van der Waals surface area contributed by atoms with Gasteiger partial charge in [-0.05, 0) is 45.1 Å². The molecular formula is C13H24N2S. The Morgan fingerprint density at radius 3 is 2.62 bits per heavy atom. The first kappa shape index (κ1) is 13.7. The van der Waals surface area contributed by atoms with E-state index in [1.165, 1.54) is 22.7 Å². The number of hydrogen-bond acceptors (Lipinski definition) is 3. The van der Waals surface area contributed by atoms with Gasteiger partial charge in [0.1, 0.15) is 0 Å². The maximum atomic E-state index is 3.19. The zero-order valence-electron chi connectivity index (χ0n) is 10.9. The Morgan fingerprint density at radius 2 is 2.00 bits per heavy atom. The molecule has 3 heteroatoms. The SMILES string of the molecule is CNCc1ccc(CN(C)CCC(C)C)s1. The van der Waals surface area contributed by atoms with Crippen molar-refractivity contribution in [2.45, 2.75) is 33.4 Å². The van der Waals surface area contributed by atoms with E-state index in [0.29, 0.717) is 0 Å². The van der Waals surface area contributed by atoms with Crippen molar-refractivity contribution >= 4 is 11.3 Å². The summed E-state index contributed by atoms with van der Waals surface area (Å²) in [6.45, 7) is 7.83. The highest BCUT2D eigenvalue weighted by Crippen LogP contribution is 2.18. The van der Waals surface area contributed by atoms with Crippen molar-refractivity contribution < 1.29 is 0 Å². The van der Waals surface area contributed by atoms with Gasteiger partial charge in [-0.15, -0.1) is 11.3 Å². The van der Waals surface area contributed by atoms with Gasteiger partial charge in [-0.3, -0.25) is 0 Å². The molecule has 0 radical (unpaired) electrons. The molecule has 0 aromatic carbocycles. The van der Waals surface area contributed by atoms with Gasteiger partial charge in [0.15, 0.2) is 0 Å². The molecule has 1 rings (SSSR count). The van der Waals surface area contributed by atoms with E-state index in [9.17, 15) is 0 Å². The Kier molecular flexibility index (Phi) is 6.03. The minimum atomic E-state index is 0.797. The molecule has 0 bridgehead atoms. The molecule has 1 heterocycles. The highest BCUT2D eigenvalue weighted by Gasteiger charge is 2.04. The molecule has 0 unspecified atom stereocenters. The van der Waals surface area contributed by atoms with Crippen LogP contribution in [-0.2, 0) is 13.1 Å². The molecule has 0 aliphatic rings. The van der Waals surface area contributed by atoms with Crippen molar-refractivity contribution in [1.29, 1.82) is 0 Å². The average Bonchev–Trinajstić information content (AvgIpc) is 2.63. The van der Waals surface area contributed by atoms with Crippen LogP contribution in [0.1, 0.15) is 30.0 Å². The molecular weight excluding hydrogens is 216 g/mol. The van der Waals surface area contributed by atoms with Gasteiger partial charge in [-0.2, -0.15) is 0 Å². The molecule has 0 spiro atoms. The Morgan fingerprint density at radius 1 is 1.31 bits per heavy atom. The third-order valence-corrected chi connectivity index (χ3v) is 3.65. The highest BCUT2D eigenvalue weighted by atomic mass is 32.1. The minimum absolute atomic E-state index is 0.797. The molecule has 92 valence electrons. The minimum Gasteiger partial charge on any atom is -0.315 e. The van der Waals surface area contributed by atoms with Gasteiger partial charge in [0, 0.05) is 22.8 Å². The summed E-state index contributed by atoms with van der Waals surface area (Å²) in [5.74, 6) is 0.797. The highest BCUT2D eigenvalue weighted by molar-refractivity contribution is 7.11. The first-order valence-electron chi connectivity index (χ1n) is 6.02. The predicted molar refractivity (Wildman–Crippen MR) is 72.9 cm³/mol. The van der Waals surface area contributed by atoms with E-state index in [1.807, 2.05) is 18.4 Å². The molecule has 1 aromatic rings. The Hall–Kier alpha value is -0.380. The van der Waals surface area contributed by atoms with Gasteiger partial charge < -0.3 is 10.2 Å². The van der Waals surface area contributed by atoms with Gasteiger partial charge in [0.25, 0.3) is 0 Å². The maximum absolute atomic E-state index is 3.19. The summed E-state index contributed by atoms with van der Waals surface area (Å²) in [5.41, 5.74) is 0. The van der Waals surface area contributed by atoms with Crippen LogP contribution in [0.3, 0.4) is 0 Å². The number of nitrogens with one attached hydrogen (secondary N) is 1. The van der Waals surface area contributed by atoms with E-state index in [1.54, 1.807) is 0 Å². The fourth-order valence-electron chi connectivity index (χ4n) is 1.60. The zero-order valence-corrected chi connectivity index (χ0v) is 11.7. The van der Waals surface area contributed by atoms with Crippen molar-refractivity contribution in [3.8, 4) is 0 Å².